The van der Waals surface area contributed by atoms with Crippen molar-refractivity contribution in [1.29, 1.82) is 0 Å². The number of carbonyl (C=O) groups is 1. The van der Waals surface area contributed by atoms with E-state index in [1.165, 1.54) is 0 Å². The van der Waals surface area contributed by atoms with Gasteiger partial charge < -0.3 is 0 Å². The van der Waals surface area contributed by atoms with Gasteiger partial charge in [-0.1, -0.05) is 6.92 Å². The van der Waals surface area contributed by atoms with Gasteiger partial charge in [0.05, 0.1) is 15.9 Å². The van der Waals surface area contributed by atoms with Crippen LogP contribution in [0.15, 0.2) is 4.47 Å². The van der Waals surface area contributed by atoms with Gasteiger partial charge in [-0.15, -0.1) is 0 Å². The Balaban J connectivity index is 2.69. The van der Waals surface area contributed by atoms with Crippen LogP contribution in [0.1, 0.15) is 44.5 Å². The molecule has 0 bridgehead atoms. The monoisotopic (exact) mass is 286 g/mol. The van der Waals surface area contributed by atoms with Crippen LogP contribution in [-0.2, 0) is 17.8 Å². The number of hydrogen-bond donors (Lipinski definition) is 0. The smallest absolute Gasteiger partial charge is 0.133 e. The highest BCUT2D eigenvalue weighted by Crippen LogP contribution is 2.22. The van der Waals surface area contributed by atoms with Crippen molar-refractivity contribution in [3.8, 4) is 0 Å². The first-order chi connectivity index (χ1) is 7.60. The third kappa shape index (κ3) is 3.17. The molecule has 1 aromatic rings. The van der Waals surface area contributed by atoms with Gasteiger partial charge in [0.2, 0.25) is 0 Å². The van der Waals surface area contributed by atoms with Crippen LogP contribution in [0.4, 0.5) is 0 Å². The molecular weight excluding hydrogens is 268 g/mol. The second-order valence-corrected chi connectivity index (χ2v) is 4.74. The molecule has 0 saturated carbocycles. The Labute approximate surface area is 105 Å². The molecule has 0 aliphatic heterocycles. The second-order valence-electron chi connectivity index (χ2n) is 3.95. The molecule has 0 unspecified atom stereocenters. The summed E-state index contributed by atoms with van der Waals surface area (Å²) in [7, 11) is 0. The first kappa shape index (κ1) is 13.4. The molecule has 0 fully saturated rings. The largest absolute Gasteiger partial charge is 0.300 e. The van der Waals surface area contributed by atoms with Gasteiger partial charge in [0.15, 0.2) is 0 Å². The van der Waals surface area contributed by atoms with Crippen LogP contribution in [-0.4, -0.2) is 15.6 Å². The maximum atomic E-state index is 11.5. The number of hydrogen-bond acceptors (Lipinski definition) is 2. The third-order valence-corrected chi connectivity index (χ3v) is 3.65. The quantitative estimate of drug-likeness (QED) is 0.804. The summed E-state index contributed by atoms with van der Waals surface area (Å²) in [5.74, 6) is 0.343. The van der Waals surface area contributed by atoms with Crippen molar-refractivity contribution < 1.29 is 4.79 Å². The molecule has 0 aromatic carbocycles. The summed E-state index contributed by atoms with van der Waals surface area (Å²) < 4.78 is 3.03. The molecule has 90 valence electrons. The zero-order chi connectivity index (χ0) is 12.1. The lowest BCUT2D eigenvalue weighted by molar-refractivity contribution is -0.119. The van der Waals surface area contributed by atoms with E-state index in [4.69, 9.17) is 0 Å². The Bertz CT molecular complexity index is 371. The van der Waals surface area contributed by atoms with Crippen molar-refractivity contribution in [2.75, 3.05) is 0 Å². The average molecular weight is 287 g/mol. The van der Waals surface area contributed by atoms with Crippen molar-refractivity contribution >= 4 is 21.7 Å². The van der Waals surface area contributed by atoms with Gasteiger partial charge in [-0.2, -0.15) is 5.10 Å². The van der Waals surface area contributed by atoms with Crippen molar-refractivity contribution in [1.82, 2.24) is 9.78 Å². The summed E-state index contributed by atoms with van der Waals surface area (Å²) in [5, 5.41) is 4.41. The third-order valence-electron chi connectivity index (χ3n) is 2.62. The highest BCUT2D eigenvalue weighted by atomic mass is 79.9. The Hall–Kier alpha value is -0.640. The minimum Gasteiger partial charge on any atom is -0.300 e. The van der Waals surface area contributed by atoms with Crippen LogP contribution in [0.2, 0.25) is 0 Å². The predicted molar refractivity (Wildman–Crippen MR) is 68.6 cm³/mol. The van der Waals surface area contributed by atoms with Crippen LogP contribution >= 0.6 is 15.9 Å². The molecule has 4 heteroatoms. The second kappa shape index (κ2) is 6.18. The fourth-order valence-electron chi connectivity index (χ4n) is 1.77. The molecule has 0 amide bonds. The number of rotatable bonds is 6. The summed E-state index contributed by atoms with van der Waals surface area (Å²) in [6, 6.07) is 0. The van der Waals surface area contributed by atoms with Gasteiger partial charge in [-0.25, -0.2) is 0 Å². The molecule has 0 aliphatic rings. The minimum atomic E-state index is 0.343. The van der Waals surface area contributed by atoms with E-state index in [-0.39, 0.29) is 0 Å². The van der Waals surface area contributed by atoms with Gasteiger partial charge in [-0.3, -0.25) is 9.48 Å². The molecule has 0 saturated heterocycles. The van der Waals surface area contributed by atoms with Gasteiger partial charge >= 0.3 is 0 Å². The fourth-order valence-corrected chi connectivity index (χ4v) is 2.25. The number of aryl methyl sites for hydroxylation is 2. The van der Waals surface area contributed by atoms with Crippen molar-refractivity contribution in [2.45, 2.75) is 53.0 Å². The number of carbonyl (C=O) groups excluding carboxylic acids is 1. The number of ketones is 1. The van der Waals surface area contributed by atoms with E-state index in [0.717, 1.165) is 35.2 Å². The first-order valence-corrected chi connectivity index (χ1v) is 6.62. The molecular formula is C12H19BrN2O. The molecule has 1 heterocycles. The van der Waals surface area contributed by atoms with E-state index in [1.54, 1.807) is 0 Å². The van der Waals surface area contributed by atoms with E-state index in [9.17, 15) is 4.79 Å². The molecule has 0 atom stereocenters. The molecule has 0 radical (unpaired) electrons. The Morgan fingerprint density at radius 2 is 2.06 bits per heavy atom. The maximum Gasteiger partial charge on any atom is 0.133 e. The SMILES string of the molecule is CCCC(=O)CCc1c(Br)c(C)nn1CC. The Morgan fingerprint density at radius 1 is 1.38 bits per heavy atom. The van der Waals surface area contributed by atoms with Gasteiger partial charge in [0.1, 0.15) is 5.78 Å². The van der Waals surface area contributed by atoms with Gasteiger partial charge in [0, 0.05) is 19.4 Å². The molecule has 16 heavy (non-hydrogen) atoms. The molecule has 3 nitrogen and oxygen atoms in total. The first-order valence-electron chi connectivity index (χ1n) is 5.83. The lowest BCUT2D eigenvalue weighted by atomic mass is 10.1. The van der Waals surface area contributed by atoms with Crippen LogP contribution < -0.4 is 0 Å². The van der Waals surface area contributed by atoms with E-state index >= 15 is 0 Å². The predicted octanol–water partition coefficient (Wildman–Crippen LogP) is 3.28. The van der Waals surface area contributed by atoms with E-state index in [0.29, 0.717) is 18.6 Å². The van der Waals surface area contributed by atoms with Gasteiger partial charge in [0.25, 0.3) is 0 Å². The van der Waals surface area contributed by atoms with Crippen molar-refractivity contribution in [3.05, 3.63) is 15.9 Å². The number of Topliss-reactive ketones (excluding diaryl/α,β-unsaturated/α-hetero) is 1. The summed E-state index contributed by atoms with van der Waals surface area (Å²) in [4.78, 5) is 11.5. The average Bonchev–Trinajstić information content (AvgIpc) is 2.53. The summed E-state index contributed by atoms with van der Waals surface area (Å²) >= 11 is 3.54. The summed E-state index contributed by atoms with van der Waals surface area (Å²) in [5.41, 5.74) is 2.14. The van der Waals surface area contributed by atoms with E-state index < -0.39 is 0 Å². The summed E-state index contributed by atoms with van der Waals surface area (Å²) in [6.45, 7) is 6.93. The van der Waals surface area contributed by atoms with Crippen LogP contribution in [0.5, 0.6) is 0 Å². The zero-order valence-corrected chi connectivity index (χ0v) is 11.8. The lowest BCUT2D eigenvalue weighted by Crippen LogP contribution is -2.06. The van der Waals surface area contributed by atoms with Crippen LogP contribution in [0.3, 0.4) is 0 Å². The molecule has 0 N–H and O–H groups in total. The van der Waals surface area contributed by atoms with E-state index in [1.807, 2.05) is 18.5 Å². The molecule has 0 spiro atoms. The van der Waals surface area contributed by atoms with Crippen molar-refractivity contribution in [2.24, 2.45) is 0 Å². The normalized spacial score (nSPS) is 10.8. The van der Waals surface area contributed by atoms with Crippen LogP contribution in [0, 0.1) is 6.92 Å². The fraction of sp³-hybridized carbons (Fsp3) is 0.667. The maximum absolute atomic E-state index is 11.5. The highest BCUT2D eigenvalue weighted by Gasteiger charge is 2.12. The number of aromatic nitrogens is 2. The molecule has 0 aliphatic carbocycles. The zero-order valence-electron chi connectivity index (χ0n) is 10.2. The highest BCUT2D eigenvalue weighted by molar-refractivity contribution is 9.10. The Kier molecular flexibility index (Phi) is 5.19. The molecule has 1 rings (SSSR count). The lowest BCUT2D eigenvalue weighted by Gasteiger charge is -2.04. The minimum absolute atomic E-state index is 0.343. The van der Waals surface area contributed by atoms with Crippen molar-refractivity contribution in [3.63, 3.8) is 0 Å². The topological polar surface area (TPSA) is 34.9 Å². The van der Waals surface area contributed by atoms with E-state index in [2.05, 4.69) is 28.0 Å². The summed E-state index contributed by atoms with van der Waals surface area (Å²) in [6.07, 6.45) is 3.04. The number of halogens is 1. The molecule has 1 aromatic heterocycles. The Morgan fingerprint density at radius 3 is 2.62 bits per heavy atom. The van der Waals surface area contributed by atoms with Gasteiger partial charge in [-0.05, 0) is 42.6 Å². The number of nitrogens with zero attached hydrogens (tertiary/aromatic N) is 2. The van der Waals surface area contributed by atoms with Crippen LogP contribution in [0.25, 0.3) is 0 Å². The standard InChI is InChI=1S/C12H19BrN2O/c1-4-6-10(16)7-8-11-12(13)9(3)14-15(11)5-2/h4-8H2,1-3H3.